The lowest BCUT2D eigenvalue weighted by Crippen LogP contribution is -2.55. The Balaban J connectivity index is 2.06. The number of alkyl halides is 6. The molecule has 2 aromatic carbocycles. The van der Waals surface area contributed by atoms with Gasteiger partial charge in [-0.25, -0.2) is 14.4 Å². The number of carbonyl (C=O) groups excluding carboxylic acids is 3. The maximum absolute atomic E-state index is 14.2. The fraction of sp³-hybridized carbons (Fsp3) is 0.158. The van der Waals surface area contributed by atoms with Crippen molar-refractivity contribution in [3.63, 3.8) is 0 Å². The number of cyclic esters (lactones) is 3. The van der Waals surface area contributed by atoms with Crippen LogP contribution in [0.15, 0.2) is 36.4 Å². The number of benzene rings is 2. The fourth-order valence-electron chi connectivity index (χ4n) is 3.65. The predicted molar refractivity (Wildman–Crippen MR) is 87.8 cm³/mol. The van der Waals surface area contributed by atoms with E-state index in [1.54, 1.807) is 0 Å². The number of carbonyl (C=O) groups is 3. The van der Waals surface area contributed by atoms with Crippen LogP contribution >= 0.6 is 0 Å². The molecule has 6 nitrogen and oxygen atoms in total. The van der Waals surface area contributed by atoms with Gasteiger partial charge in [-0.2, -0.15) is 26.3 Å². The average molecular weight is 443 g/mol. The van der Waals surface area contributed by atoms with E-state index in [-0.39, 0.29) is 5.56 Å². The van der Waals surface area contributed by atoms with Gasteiger partial charge >= 0.3 is 30.3 Å². The SMILES string of the molecule is N=C1OC(=O)c2ccc(C(c3ccc4c(c3)C(=O)OC4=O)(C(F)(F)F)C(F)(F)F)cc21. The molecule has 0 atom stereocenters. The molecule has 4 rings (SSSR count). The first kappa shape index (κ1) is 20.6. The molecule has 2 heterocycles. The van der Waals surface area contributed by atoms with Gasteiger partial charge in [0.15, 0.2) is 0 Å². The molecule has 0 amide bonds. The van der Waals surface area contributed by atoms with Crippen LogP contribution in [-0.4, -0.2) is 36.2 Å². The lowest BCUT2D eigenvalue weighted by atomic mass is 9.71. The van der Waals surface area contributed by atoms with E-state index in [9.17, 15) is 40.7 Å². The monoisotopic (exact) mass is 443 g/mol. The Hall–Kier alpha value is -3.70. The van der Waals surface area contributed by atoms with Crippen LogP contribution in [0.1, 0.15) is 47.8 Å². The van der Waals surface area contributed by atoms with Gasteiger partial charge in [-0.05, 0) is 35.4 Å². The molecular weight excluding hydrogens is 436 g/mol. The molecule has 31 heavy (non-hydrogen) atoms. The Morgan fingerprint density at radius 1 is 0.613 bits per heavy atom. The van der Waals surface area contributed by atoms with Crippen LogP contribution in [0.3, 0.4) is 0 Å². The summed E-state index contributed by atoms with van der Waals surface area (Å²) >= 11 is 0. The van der Waals surface area contributed by atoms with Crippen molar-refractivity contribution in [3.8, 4) is 0 Å². The lowest BCUT2D eigenvalue weighted by molar-refractivity contribution is -0.288. The van der Waals surface area contributed by atoms with E-state index in [4.69, 9.17) is 5.41 Å². The zero-order valence-corrected chi connectivity index (χ0v) is 14.8. The van der Waals surface area contributed by atoms with Crippen molar-refractivity contribution in [1.82, 2.24) is 0 Å². The number of nitrogens with one attached hydrogen (secondary N) is 1. The van der Waals surface area contributed by atoms with E-state index < -0.39 is 69.4 Å². The lowest BCUT2D eigenvalue weighted by Gasteiger charge is -2.38. The molecule has 2 aromatic rings. The van der Waals surface area contributed by atoms with Gasteiger partial charge in [0, 0.05) is 0 Å². The van der Waals surface area contributed by atoms with Gasteiger partial charge in [-0.3, -0.25) is 5.41 Å². The van der Waals surface area contributed by atoms with Crippen LogP contribution in [0.25, 0.3) is 0 Å². The molecule has 0 radical (unpaired) electrons. The van der Waals surface area contributed by atoms with Crippen LogP contribution < -0.4 is 0 Å². The molecule has 160 valence electrons. The highest BCUT2D eigenvalue weighted by atomic mass is 19.4. The van der Waals surface area contributed by atoms with E-state index in [0.29, 0.717) is 36.4 Å². The van der Waals surface area contributed by atoms with Crippen molar-refractivity contribution in [2.75, 3.05) is 0 Å². The smallest absolute Gasteiger partial charge is 0.404 e. The second-order valence-electron chi connectivity index (χ2n) is 6.66. The molecule has 2 aliphatic heterocycles. The molecule has 0 aromatic heterocycles. The topological polar surface area (TPSA) is 93.5 Å². The number of halogens is 6. The Morgan fingerprint density at radius 3 is 1.55 bits per heavy atom. The number of hydrogen-bond donors (Lipinski definition) is 1. The van der Waals surface area contributed by atoms with Gasteiger partial charge in [0.25, 0.3) is 0 Å². The molecule has 2 aliphatic rings. The van der Waals surface area contributed by atoms with Gasteiger partial charge < -0.3 is 9.47 Å². The Bertz CT molecular complexity index is 1100. The molecule has 0 unspecified atom stereocenters. The first-order chi connectivity index (χ1) is 14.3. The maximum atomic E-state index is 14.2. The number of esters is 3. The molecule has 0 saturated carbocycles. The Kier molecular flexibility index (Phi) is 4.08. The van der Waals surface area contributed by atoms with Crippen molar-refractivity contribution in [1.29, 1.82) is 5.41 Å². The van der Waals surface area contributed by atoms with E-state index in [1.165, 1.54) is 0 Å². The highest BCUT2D eigenvalue weighted by molar-refractivity contribution is 6.16. The van der Waals surface area contributed by atoms with Crippen molar-refractivity contribution < 1.29 is 50.2 Å². The largest absolute Gasteiger partial charge is 0.411 e. The number of fused-ring (bicyclic) bond motifs is 2. The van der Waals surface area contributed by atoms with Gasteiger partial charge in [0.05, 0.1) is 22.3 Å². The fourth-order valence-corrected chi connectivity index (χ4v) is 3.65. The third kappa shape index (κ3) is 2.67. The van der Waals surface area contributed by atoms with E-state index in [2.05, 4.69) is 9.47 Å². The number of rotatable bonds is 2. The highest BCUT2D eigenvalue weighted by Crippen LogP contribution is 2.56. The third-order valence-electron chi connectivity index (χ3n) is 5.04. The summed E-state index contributed by atoms with van der Waals surface area (Å²) in [7, 11) is 0. The van der Waals surface area contributed by atoms with Crippen molar-refractivity contribution >= 4 is 23.8 Å². The minimum atomic E-state index is -5.98. The van der Waals surface area contributed by atoms with Crippen molar-refractivity contribution in [3.05, 3.63) is 69.8 Å². The molecule has 0 spiro atoms. The summed E-state index contributed by atoms with van der Waals surface area (Å²) < 4.78 is 94.1. The van der Waals surface area contributed by atoms with Crippen LogP contribution in [0, 0.1) is 5.41 Å². The molecular formula is C19H7F6NO5. The summed E-state index contributed by atoms with van der Waals surface area (Å²) in [6, 6.07) is 2.94. The first-order valence-electron chi connectivity index (χ1n) is 8.29. The molecule has 1 N–H and O–H groups in total. The summed E-state index contributed by atoms with van der Waals surface area (Å²) in [5, 5.41) is 7.52. The third-order valence-corrected chi connectivity index (χ3v) is 5.04. The van der Waals surface area contributed by atoms with Crippen molar-refractivity contribution in [2.45, 2.75) is 17.8 Å². The van der Waals surface area contributed by atoms with Gasteiger partial charge in [-0.1, -0.05) is 12.1 Å². The van der Waals surface area contributed by atoms with Crippen LogP contribution in [0.5, 0.6) is 0 Å². The molecule has 0 aliphatic carbocycles. The molecule has 0 saturated heterocycles. The standard InChI is InChI=1S/C19H7F6NO5/c20-18(21,22)17(19(23,24)25,7-1-3-9-11(5-7)13(26)30-14(9)27)8-2-4-10-12(6-8)16(29)31-15(10)28/h1-6,26H. The zero-order valence-electron chi connectivity index (χ0n) is 14.8. The average Bonchev–Trinajstić information content (AvgIpc) is 3.09. The van der Waals surface area contributed by atoms with Crippen molar-refractivity contribution in [2.24, 2.45) is 0 Å². The van der Waals surface area contributed by atoms with Gasteiger partial charge in [0.1, 0.15) is 0 Å². The number of hydrogen-bond acceptors (Lipinski definition) is 6. The molecule has 0 bridgehead atoms. The summed E-state index contributed by atoms with van der Waals surface area (Å²) in [6.07, 6.45) is -12.0. The maximum Gasteiger partial charge on any atom is 0.411 e. The summed E-state index contributed by atoms with van der Waals surface area (Å²) in [4.78, 5) is 34.9. The van der Waals surface area contributed by atoms with Crippen LogP contribution in [0.4, 0.5) is 26.3 Å². The minimum absolute atomic E-state index is 0.309. The Labute approximate surface area is 167 Å². The quantitative estimate of drug-likeness (QED) is 0.432. The zero-order chi connectivity index (χ0) is 22.9. The molecule has 0 fully saturated rings. The van der Waals surface area contributed by atoms with Gasteiger partial charge in [-0.15, -0.1) is 0 Å². The predicted octanol–water partition coefficient (Wildman–Crippen LogP) is 3.90. The van der Waals surface area contributed by atoms with Gasteiger partial charge in [0.2, 0.25) is 11.3 Å². The molecule has 12 heteroatoms. The van der Waals surface area contributed by atoms with Crippen LogP contribution in [0.2, 0.25) is 0 Å². The second kappa shape index (κ2) is 6.15. The number of ether oxygens (including phenoxy) is 2. The first-order valence-corrected chi connectivity index (χ1v) is 8.29. The summed E-state index contributed by atoms with van der Waals surface area (Å²) in [5.74, 6) is -4.56. The normalized spacial score (nSPS) is 16.2. The van der Waals surface area contributed by atoms with E-state index >= 15 is 0 Å². The Morgan fingerprint density at radius 2 is 1.03 bits per heavy atom. The van der Waals surface area contributed by atoms with E-state index in [1.807, 2.05) is 0 Å². The highest BCUT2D eigenvalue weighted by Gasteiger charge is 2.72. The summed E-state index contributed by atoms with van der Waals surface area (Å²) in [6.45, 7) is 0. The minimum Gasteiger partial charge on any atom is -0.404 e. The second-order valence-corrected chi connectivity index (χ2v) is 6.66. The van der Waals surface area contributed by atoms with Crippen LogP contribution in [-0.2, 0) is 14.9 Å². The van der Waals surface area contributed by atoms with E-state index in [0.717, 1.165) is 0 Å². The summed E-state index contributed by atoms with van der Waals surface area (Å²) in [5.41, 5.74) is -9.52.